The van der Waals surface area contributed by atoms with Crippen molar-refractivity contribution in [3.05, 3.63) is 53.4 Å². The van der Waals surface area contributed by atoms with Gasteiger partial charge in [0.05, 0.1) is 0 Å². The Kier molecular flexibility index (Phi) is 2.51. The molecule has 0 saturated heterocycles. The van der Waals surface area contributed by atoms with Crippen molar-refractivity contribution in [3.8, 4) is 10.4 Å². The fourth-order valence-electron chi connectivity index (χ4n) is 1.37. The molecule has 0 aliphatic carbocycles. The SMILES string of the molecule is C=Cc1ccc(-c2ccc(C)s2)cc1. The first kappa shape index (κ1) is 9.22. The summed E-state index contributed by atoms with van der Waals surface area (Å²) < 4.78 is 0. The van der Waals surface area contributed by atoms with E-state index in [1.807, 2.05) is 17.4 Å². The summed E-state index contributed by atoms with van der Waals surface area (Å²) in [7, 11) is 0. The summed E-state index contributed by atoms with van der Waals surface area (Å²) in [4.78, 5) is 2.69. The van der Waals surface area contributed by atoms with Gasteiger partial charge >= 0.3 is 0 Å². The Balaban J connectivity index is 2.38. The molecule has 0 aliphatic rings. The number of hydrogen-bond donors (Lipinski definition) is 0. The minimum absolute atomic E-state index is 1.17. The second-order valence-electron chi connectivity index (χ2n) is 3.24. The lowest BCUT2D eigenvalue weighted by atomic mass is 10.1. The Labute approximate surface area is 88.5 Å². The Morgan fingerprint density at radius 3 is 2.29 bits per heavy atom. The highest BCUT2D eigenvalue weighted by atomic mass is 32.1. The number of thiophene rings is 1. The molecule has 70 valence electrons. The molecule has 0 unspecified atom stereocenters. The van der Waals surface area contributed by atoms with Gasteiger partial charge in [-0.25, -0.2) is 0 Å². The molecule has 1 heterocycles. The molecule has 0 spiro atoms. The zero-order chi connectivity index (χ0) is 9.97. The molecule has 1 aromatic heterocycles. The number of rotatable bonds is 2. The van der Waals surface area contributed by atoms with Crippen LogP contribution in [0.4, 0.5) is 0 Å². The maximum atomic E-state index is 3.74. The summed E-state index contributed by atoms with van der Waals surface area (Å²) in [5.41, 5.74) is 2.45. The van der Waals surface area contributed by atoms with Crippen molar-refractivity contribution in [2.45, 2.75) is 6.92 Å². The molecule has 2 rings (SSSR count). The minimum Gasteiger partial charge on any atom is -0.141 e. The second-order valence-corrected chi connectivity index (χ2v) is 4.52. The third-order valence-corrected chi connectivity index (χ3v) is 3.22. The quantitative estimate of drug-likeness (QED) is 0.675. The van der Waals surface area contributed by atoms with Gasteiger partial charge in [0.15, 0.2) is 0 Å². The third-order valence-electron chi connectivity index (χ3n) is 2.17. The molecule has 0 radical (unpaired) electrons. The van der Waals surface area contributed by atoms with Gasteiger partial charge in [0.2, 0.25) is 0 Å². The van der Waals surface area contributed by atoms with Crippen LogP contribution in [-0.4, -0.2) is 0 Å². The lowest BCUT2D eigenvalue weighted by molar-refractivity contribution is 1.64. The molecule has 0 amide bonds. The summed E-state index contributed by atoms with van der Waals surface area (Å²) in [5.74, 6) is 0. The molecule has 0 nitrogen and oxygen atoms in total. The molecule has 0 saturated carbocycles. The molecule has 0 bridgehead atoms. The summed E-state index contributed by atoms with van der Waals surface area (Å²) in [6.45, 7) is 5.87. The lowest BCUT2D eigenvalue weighted by Crippen LogP contribution is -1.73. The first-order valence-corrected chi connectivity index (χ1v) is 5.40. The predicted molar refractivity (Wildman–Crippen MR) is 64.6 cm³/mol. The maximum Gasteiger partial charge on any atom is 0.0345 e. The molecule has 1 heteroatoms. The van der Waals surface area contributed by atoms with Gasteiger partial charge in [-0.05, 0) is 30.2 Å². The first-order chi connectivity index (χ1) is 6.79. The highest BCUT2D eigenvalue weighted by Gasteiger charge is 1.99. The topological polar surface area (TPSA) is 0 Å². The van der Waals surface area contributed by atoms with Crippen LogP contribution in [0.25, 0.3) is 16.5 Å². The van der Waals surface area contributed by atoms with Crippen LogP contribution in [0.1, 0.15) is 10.4 Å². The zero-order valence-corrected chi connectivity index (χ0v) is 8.97. The Bertz CT molecular complexity index is 435. The fraction of sp³-hybridized carbons (Fsp3) is 0.0769. The van der Waals surface area contributed by atoms with Crippen molar-refractivity contribution >= 4 is 17.4 Å². The molecular formula is C13H12S. The van der Waals surface area contributed by atoms with E-state index in [0.717, 1.165) is 0 Å². The van der Waals surface area contributed by atoms with E-state index in [9.17, 15) is 0 Å². The Morgan fingerprint density at radius 1 is 1.07 bits per heavy atom. The van der Waals surface area contributed by atoms with Crippen LogP contribution in [0, 0.1) is 6.92 Å². The van der Waals surface area contributed by atoms with Crippen LogP contribution in [-0.2, 0) is 0 Å². The standard InChI is InChI=1S/C13H12S/c1-3-11-5-7-12(8-6-11)13-9-4-10(2)14-13/h3-9H,1H2,2H3. The van der Waals surface area contributed by atoms with Gasteiger partial charge in [-0.2, -0.15) is 0 Å². The molecule has 0 aliphatic heterocycles. The lowest BCUT2D eigenvalue weighted by Gasteiger charge is -1.97. The van der Waals surface area contributed by atoms with Gasteiger partial charge in [0, 0.05) is 9.75 Å². The summed E-state index contributed by atoms with van der Waals surface area (Å²) in [6, 6.07) is 12.8. The van der Waals surface area contributed by atoms with E-state index in [4.69, 9.17) is 0 Å². The smallest absolute Gasteiger partial charge is 0.0345 e. The highest BCUT2D eigenvalue weighted by molar-refractivity contribution is 7.15. The van der Waals surface area contributed by atoms with Crippen LogP contribution in [0.5, 0.6) is 0 Å². The normalized spacial score (nSPS) is 10.1. The van der Waals surface area contributed by atoms with Crippen molar-refractivity contribution < 1.29 is 0 Å². The predicted octanol–water partition coefficient (Wildman–Crippen LogP) is 4.37. The van der Waals surface area contributed by atoms with Crippen molar-refractivity contribution in [3.63, 3.8) is 0 Å². The molecule has 0 atom stereocenters. The molecule has 1 aromatic carbocycles. The van der Waals surface area contributed by atoms with E-state index in [1.54, 1.807) is 0 Å². The van der Waals surface area contributed by atoms with Crippen LogP contribution in [0.2, 0.25) is 0 Å². The van der Waals surface area contributed by atoms with E-state index in [2.05, 4.69) is 49.9 Å². The first-order valence-electron chi connectivity index (χ1n) is 4.59. The van der Waals surface area contributed by atoms with Crippen molar-refractivity contribution in [2.75, 3.05) is 0 Å². The van der Waals surface area contributed by atoms with Crippen molar-refractivity contribution in [2.24, 2.45) is 0 Å². The van der Waals surface area contributed by atoms with E-state index in [0.29, 0.717) is 0 Å². The van der Waals surface area contributed by atoms with Gasteiger partial charge in [-0.1, -0.05) is 36.9 Å². The monoisotopic (exact) mass is 200 g/mol. The number of benzene rings is 1. The second kappa shape index (κ2) is 3.81. The average molecular weight is 200 g/mol. The molecule has 14 heavy (non-hydrogen) atoms. The van der Waals surface area contributed by atoms with Gasteiger partial charge < -0.3 is 0 Å². The summed E-state index contributed by atoms with van der Waals surface area (Å²) in [5, 5.41) is 0. The highest BCUT2D eigenvalue weighted by Crippen LogP contribution is 2.27. The number of hydrogen-bond acceptors (Lipinski definition) is 1. The van der Waals surface area contributed by atoms with E-state index < -0.39 is 0 Å². The number of aryl methyl sites for hydroxylation is 1. The molecule has 0 fully saturated rings. The van der Waals surface area contributed by atoms with Crippen molar-refractivity contribution in [1.82, 2.24) is 0 Å². The van der Waals surface area contributed by atoms with Gasteiger partial charge in [0.25, 0.3) is 0 Å². The van der Waals surface area contributed by atoms with Crippen LogP contribution < -0.4 is 0 Å². The Hall–Kier alpha value is -1.34. The third kappa shape index (κ3) is 1.78. The molecular weight excluding hydrogens is 188 g/mol. The van der Waals surface area contributed by atoms with Crippen LogP contribution in [0.3, 0.4) is 0 Å². The van der Waals surface area contributed by atoms with E-state index in [-0.39, 0.29) is 0 Å². The summed E-state index contributed by atoms with van der Waals surface area (Å²) in [6.07, 6.45) is 1.86. The fourth-order valence-corrected chi connectivity index (χ4v) is 2.25. The van der Waals surface area contributed by atoms with Gasteiger partial charge in [0.1, 0.15) is 0 Å². The van der Waals surface area contributed by atoms with Crippen LogP contribution >= 0.6 is 11.3 Å². The van der Waals surface area contributed by atoms with Crippen LogP contribution in [0.15, 0.2) is 43.0 Å². The average Bonchev–Trinajstić information content (AvgIpc) is 2.65. The van der Waals surface area contributed by atoms with E-state index >= 15 is 0 Å². The largest absolute Gasteiger partial charge is 0.141 e. The minimum atomic E-state index is 1.17. The molecule has 0 N–H and O–H groups in total. The Morgan fingerprint density at radius 2 is 1.79 bits per heavy atom. The summed E-state index contributed by atoms with van der Waals surface area (Å²) >= 11 is 1.83. The maximum absolute atomic E-state index is 3.74. The van der Waals surface area contributed by atoms with Crippen molar-refractivity contribution in [1.29, 1.82) is 0 Å². The molecule has 2 aromatic rings. The van der Waals surface area contributed by atoms with Gasteiger partial charge in [-0.3, -0.25) is 0 Å². The zero-order valence-electron chi connectivity index (χ0n) is 8.16. The van der Waals surface area contributed by atoms with E-state index in [1.165, 1.54) is 20.9 Å². The van der Waals surface area contributed by atoms with Gasteiger partial charge in [-0.15, -0.1) is 11.3 Å².